The molecule has 0 radical (unpaired) electrons. The molecule has 5 rings (SSSR count). The molecule has 0 spiro atoms. The van der Waals surface area contributed by atoms with E-state index in [4.69, 9.17) is 4.74 Å². The van der Waals surface area contributed by atoms with E-state index in [0.29, 0.717) is 18.0 Å². The fraction of sp³-hybridized carbons (Fsp3) is 0.469. The van der Waals surface area contributed by atoms with Gasteiger partial charge in [0.2, 0.25) is 15.9 Å². The van der Waals surface area contributed by atoms with Crippen molar-refractivity contribution in [1.82, 2.24) is 13.8 Å². The number of nitrogens with zero attached hydrogens (tertiary/aromatic N) is 3. The molecule has 3 atom stereocenters. The molecule has 1 aromatic heterocycles. The Morgan fingerprint density at radius 1 is 0.975 bits per heavy atom. The average Bonchev–Trinajstić information content (AvgIpc) is 3.41. The molecular formula is C32H41N3O4S. The number of amides is 1. The quantitative estimate of drug-likeness (QED) is 0.370. The van der Waals surface area contributed by atoms with Crippen LogP contribution in [0.5, 0.6) is 0 Å². The van der Waals surface area contributed by atoms with Crippen LogP contribution in [-0.2, 0) is 26.1 Å². The second-order valence-corrected chi connectivity index (χ2v) is 13.2. The van der Waals surface area contributed by atoms with Crippen molar-refractivity contribution < 1.29 is 17.9 Å². The van der Waals surface area contributed by atoms with E-state index in [-0.39, 0.29) is 37.1 Å². The summed E-state index contributed by atoms with van der Waals surface area (Å²) in [6.07, 6.45) is 4.57. The van der Waals surface area contributed by atoms with Gasteiger partial charge >= 0.3 is 0 Å². The Morgan fingerprint density at radius 2 is 1.70 bits per heavy atom. The summed E-state index contributed by atoms with van der Waals surface area (Å²) in [6, 6.07) is 17.9. The minimum atomic E-state index is -3.68. The van der Waals surface area contributed by atoms with Gasteiger partial charge in [0.05, 0.1) is 17.5 Å². The van der Waals surface area contributed by atoms with Crippen LogP contribution < -0.4 is 0 Å². The van der Waals surface area contributed by atoms with E-state index in [1.54, 1.807) is 4.31 Å². The number of fused-ring (bicyclic) bond motifs is 1. The Kier molecular flexibility index (Phi) is 8.50. The van der Waals surface area contributed by atoms with Crippen LogP contribution in [0.25, 0.3) is 0 Å². The summed E-state index contributed by atoms with van der Waals surface area (Å²) in [6.45, 7) is 9.85. The number of piperidine rings is 1. The zero-order chi connectivity index (χ0) is 28.4. The molecule has 1 fully saturated rings. The first kappa shape index (κ1) is 28.6. The standard InChI is InChI=1S/C32H41N3O4S/c1-23-19-24(2)32(25(3)20-23)40(37,38)35-16-9-8-13-28(35)21-39-22-30(36)34-18-17-33-15-10-14-29(33)31(34)26(4)27-11-6-5-7-12-27/h5-7,10-12,14-15,19-20,26,28,31H,8-9,13,16-18,21-22H2,1-4H3. The molecule has 214 valence electrons. The number of carbonyl (C=O) groups excluding carboxylic acids is 1. The minimum Gasteiger partial charge on any atom is -0.370 e. The molecule has 0 saturated carbocycles. The molecule has 3 heterocycles. The Balaban J connectivity index is 1.29. The van der Waals surface area contributed by atoms with Gasteiger partial charge < -0.3 is 14.2 Å². The summed E-state index contributed by atoms with van der Waals surface area (Å²) in [4.78, 5) is 15.9. The molecule has 40 heavy (non-hydrogen) atoms. The van der Waals surface area contributed by atoms with Gasteiger partial charge in [0, 0.05) is 43.5 Å². The lowest BCUT2D eigenvalue weighted by atomic mass is 9.89. The van der Waals surface area contributed by atoms with Crippen molar-refractivity contribution in [2.24, 2.45) is 0 Å². The molecule has 1 saturated heterocycles. The summed E-state index contributed by atoms with van der Waals surface area (Å²) in [7, 11) is -3.68. The molecule has 8 heteroatoms. The highest BCUT2D eigenvalue weighted by atomic mass is 32.2. The van der Waals surface area contributed by atoms with Gasteiger partial charge in [-0.05, 0) is 62.4 Å². The molecule has 3 aromatic rings. The van der Waals surface area contributed by atoms with Crippen LogP contribution in [0.4, 0.5) is 0 Å². The Hall–Kier alpha value is -2.94. The zero-order valence-corrected chi connectivity index (χ0v) is 24.9. The molecule has 0 aliphatic carbocycles. The molecule has 7 nitrogen and oxygen atoms in total. The monoisotopic (exact) mass is 563 g/mol. The van der Waals surface area contributed by atoms with Gasteiger partial charge in [0.25, 0.3) is 0 Å². The topological polar surface area (TPSA) is 71.8 Å². The maximum atomic E-state index is 13.8. The second-order valence-electron chi connectivity index (χ2n) is 11.4. The van der Waals surface area contributed by atoms with Crippen LogP contribution in [0.2, 0.25) is 0 Å². The van der Waals surface area contributed by atoms with Crippen molar-refractivity contribution in [1.29, 1.82) is 0 Å². The normalized spacial score (nSPS) is 20.8. The third kappa shape index (κ3) is 5.62. The number of benzene rings is 2. The molecular weight excluding hydrogens is 522 g/mol. The zero-order valence-electron chi connectivity index (χ0n) is 24.0. The number of rotatable bonds is 8. The molecule has 2 aromatic carbocycles. The van der Waals surface area contributed by atoms with Gasteiger partial charge in [0.15, 0.2) is 0 Å². The molecule has 0 bridgehead atoms. The lowest BCUT2D eigenvalue weighted by Gasteiger charge is -2.40. The number of sulfonamides is 1. The van der Waals surface area contributed by atoms with Crippen molar-refractivity contribution in [3.63, 3.8) is 0 Å². The van der Waals surface area contributed by atoms with E-state index in [9.17, 15) is 13.2 Å². The summed E-state index contributed by atoms with van der Waals surface area (Å²) < 4.78 is 37.5. The number of ether oxygens (including phenoxy) is 1. The number of carbonyl (C=O) groups is 1. The number of hydrogen-bond donors (Lipinski definition) is 0. The first-order valence-electron chi connectivity index (χ1n) is 14.4. The third-order valence-electron chi connectivity index (χ3n) is 8.48. The molecule has 2 aliphatic rings. The van der Waals surface area contributed by atoms with Gasteiger partial charge in [-0.3, -0.25) is 4.79 Å². The van der Waals surface area contributed by atoms with Gasteiger partial charge in [-0.1, -0.05) is 61.4 Å². The molecule has 1 amide bonds. The molecule has 3 unspecified atom stereocenters. The largest absolute Gasteiger partial charge is 0.370 e. The summed E-state index contributed by atoms with van der Waals surface area (Å²) >= 11 is 0. The van der Waals surface area contributed by atoms with E-state index in [1.807, 2.05) is 62.1 Å². The predicted octanol–water partition coefficient (Wildman–Crippen LogP) is 5.36. The summed E-state index contributed by atoms with van der Waals surface area (Å²) in [5, 5.41) is 0. The van der Waals surface area contributed by atoms with Crippen LogP contribution >= 0.6 is 0 Å². The van der Waals surface area contributed by atoms with E-state index in [2.05, 4.69) is 35.9 Å². The smallest absolute Gasteiger partial charge is 0.249 e. The second kappa shape index (κ2) is 11.9. The van der Waals surface area contributed by atoms with Crippen molar-refractivity contribution in [3.05, 3.63) is 88.7 Å². The Bertz CT molecular complexity index is 1430. The van der Waals surface area contributed by atoms with E-state index in [0.717, 1.165) is 48.2 Å². The van der Waals surface area contributed by atoms with Crippen molar-refractivity contribution >= 4 is 15.9 Å². The maximum absolute atomic E-state index is 13.8. The van der Waals surface area contributed by atoms with E-state index < -0.39 is 10.0 Å². The highest BCUT2D eigenvalue weighted by Crippen LogP contribution is 2.38. The number of aryl methyl sites for hydroxylation is 3. The molecule has 2 aliphatic heterocycles. The van der Waals surface area contributed by atoms with Crippen molar-refractivity contribution in [2.45, 2.75) is 76.4 Å². The number of hydrogen-bond acceptors (Lipinski definition) is 4. The minimum absolute atomic E-state index is 0.0596. The highest BCUT2D eigenvalue weighted by molar-refractivity contribution is 7.89. The van der Waals surface area contributed by atoms with Crippen molar-refractivity contribution in [3.8, 4) is 0 Å². The highest BCUT2D eigenvalue weighted by Gasteiger charge is 2.37. The Morgan fingerprint density at radius 3 is 2.42 bits per heavy atom. The van der Waals surface area contributed by atoms with Crippen LogP contribution in [0.1, 0.15) is 66.1 Å². The van der Waals surface area contributed by atoms with Gasteiger partial charge in [-0.25, -0.2) is 8.42 Å². The third-order valence-corrected chi connectivity index (χ3v) is 10.7. The van der Waals surface area contributed by atoms with Gasteiger partial charge in [0.1, 0.15) is 6.61 Å². The lowest BCUT2D eigenvalue weighted by molar-refractivity contribution is -0.141. The summed E-state index contributed by atoms with van der Waals surface area (Å²) in [5.74, 6) is 0.0507. The summed E-state index contributed by atoms with van der Waals surface area (Å²) in [5.41, 5.74) is 4.91. The fourth-order valence-electron chi connectivity index (χ4n) is 6.67. The Labute approximate surface area is 238 Å². The van der Waals surface area contributed by atoms with Crippen LogP contribution in [0.15, 0.2) is 65.7 Å². The fourth-order valence-corrected chi connectivity index (χ4v) is 8.77. The first-order valence-corrected chi connectivity index (χ1v) is 15.8. The van der Waals surface area contributed by atoms with Crippen LogP contribution in [-0.4, -0.2) is 60.4 Å². The first-order chi connectivity index (χ1) is 19.2. The van der Waals surface area contributed by atoms with Crippen LogP contribution in [0.3, 0.4) is 0 Å². The average molecular weight is 564 g/mol. The van der Waals surface area contributed by atoms with Gasteiger partial charge in [-0.15, -0.1) is 0 Å². The lowest BCUT2D eigenvalue weighted by Crippen LogP contribution is -2.48. The van der Waals surface area contributed by atoms with Crippen LogP contribution in [0, 0.1) is 20.8 Å². The SMILES string of the molecule is Cc1cc(C)c(S(=O)(=O)N2CCCCC2COCC(=O)N2CCn3cccc3C2C(C)c2ccccc2)c(C)c1. The predicted molar refractivity (Wildman–Crippen MR) is 157 cm³/mol. The van der Waals surface area contributed by atoms with E-state index >= 15 is 0 Å². The van der Waals surface area contributed by atoms with Crippen molar-refractivity contribution in [2.75, 3.05) is 26.3 Å². The number of aromatic nitrogens is 1. The van der Waals surface area contributed by atoms with Gasteiger partial charge in [-0.2, -0.15) is 4.31 Å². The maximum Gasteiger partial charge on any atom is 0.249 e. The van der Waals surface area contributed by atoms with E-state index in [1.165, 1.54) is 5.56 Å². The molecule has 0 N–H and O–H groups in total.